The first-order valence-electron chi connectivity index (χ1n) is 17.2. The molecule has 0 amide bonds. The zero-order valence-corrected chi connectivity index (χ0v) is 33.7. The molecule has 0 unspecified atom stereocenters. The molecule has 0 bridgehead atoms. The quantitative estimate of drug-likeness (QED) is 0.128. The van der Waals surface area contributed by atoms with E-state index in [0.717, 1.165) is 50.0 Å². The van der Waals surface area contributed by atoms with Crippen LogP contribution in [0.4, 0.5) is 0 Å². The Labute approximate surface area is 321 Å². The van der Waals surface area contributed by atoms with E-state index < -0.39 is 13.3 Å². The van der Waals surface area contributed by atoms with Crippen LogP contribution in [-0.2, 0) is 20.1 Å². The summed E-state index contributed by atoms with van der Waals surface area (Å²) < 4.78 is 7.67. The Hall–Kier alpha value is -5.13. The summed E-state index contributed by atoms with van der Waals surface area (Å²) in [5.74, 6) is 7.14. The van der Waals surface area contributed by atoms with Crippen LogP contribution in [0.3, 0.4) is 0 Å². The fourth-order valence-corrected chi connectivity index (χ4v) is 8.61. The number of hydrogen-bond acceptors (Lipinski definition) is 3. The fourth-order valence-electron chi connectivity index (χ4n) is 6.44. The van der Waals surface area contributed by atoms with Crippen LogP contribution in [0.1, 0.15) is 0 Å². The molecule has 0 spiro atoms. The van der Waals surface area contributed by atoms with E-state index in [1.807, 2.05) is 48.8 Å². The van der Waals surface area contributed by atoms with E-state index in [2.05, 4.69) is 155 Å². The minimum atomic E-state index is -1.72. The number of rotatable bonds is 5. The minimum Gasteiger partial charge on any atom is -0.477 e. The van der Waals surface area contributed by atoms with E-state index in [4.69, 9.17) is 4.42 Å². The van der Waals surface area contributed by atoms with E-state index in [0.29, 0.717) is 0 Å². The Morgan fingerprint density at radius 2 is 1.37 bits per heavy atom. The third-order valence-electron chi connectivity index (χ3n) is 9.25. The maximum atomic E-state index is 6.22. The van der Waals surface area contributed by atoms with E-state index in [1.54, 1.807) is 0 Å². The van der Waals surface area contributed by atoms with Crippen molar-refractivity contribution in [1.29, 1.82) is 0 Å². The molecular formula is C47H36GeIrN2O-2. The van der Waals surface area contributed by atoms with Crippen molar-refractivity contribution >= 4 is 50.4 Å². The number of aromatic nitrogens is 2. The predicted octanol–water partition coefficient (Wildman–Crippen LogP) is 12.0. The molecule has 0 atom stereocenters. The molecule has 9 rings (SSSR count). The molecule has 5 heteroatoms. The van der Waals surface area contributed by atoms with Gasteiger partial charge in [0.2, 0.25) is 0 Å². The smallest absolute Gasteiger partial charge is 0.123 e. The minimum absolute atomic E-state index is 0. The molecule has 0 aliphatic carbocycles. The number of furan rings is 1. The van der Waals surface area contributed by atoms with Crippen LogP contribution in [0, 0.1) is 12.1 Å². The molecule has 0 saturated carbocycles. The first-order valence-corrected chi connectivity index (χ1v) is 24.6. The largest absolute Gasteiger partial charge is 0.477 e. The molecule has 3 heterocycles. The van der Waals surface area contributed by atoms with Crippen molar-refractivity contribution in [2.45, 2.75) is 17.3 Å². The first kappa shape index (κ1) is 35.3. The first-order chi connectivity index (χ1) is 24.9. The van der Waals surface area contributed by atoms with Gasteiger partial charge >= 0.3 is 99.8 Å². The van der Waals surface area contributed by atoms with Gasteiger partial charge < -0.3 is 9.40 Å². The summed E-state index contributed by atoms with van der Waals surface area (Å²) in [6.45, 7) is 0. The van der Waals surface area contributed by atoms with Crippen molar-refractivity contribution in [3.8, 4) is 44.8 Å². The molecular weight excluding hydrogens is 873 g/mol. The predicted molar refractivity (Wildman–Crippen MR) is 216 cm³/mol. The maximum absolute atomic E-state index is 6.22. The summed E-state index contributed by atoms with van der Waals surface area (Å²) in [4.78, 5) is 9.14. The fraction of sp³-hybridized carbons (Fsp3) is 0.0638. The summed E-state index contributed by atoms with van der Waals surface area (Å²) in [7, 11) is 0. The second-order valence-electron chi connectivity index (χ2n) is 13.7. The standard InChI is InChI=1S/C33H20NO.C14H16GeN.Ir/c1-2-7-22(8-3-1)24-17-18-34-31(20-24)26-13-15-29-30-19-25(14-16-32(30)35-33(29)21-26)28-12-6-10-23-9-4-5-11-27(23)28;1-15(2,3)13-9-10-14(16-11-13)12-7-5-4-6-8-12;/h1-20H;4-7,9-11H,1-3H3;/q2*-1;. The van der Waals surface area contributed by atoms with Gasteiger partial charge in [-0.1, -0.05) is 102 Å². The zero-order valence-electron chi connectivity index (χ0n) is 29.2. The number of hydrogen-bond donors (Lipinski definition) is 0. The molecule has 255 valence electrons. The van der Waals surface area contributed by atoms with E-state index >= 15 is 0 Å². The summed E-state index contributed by atoms with van der Waals surface area (Å²) in [5, 5.41) is 4.65. The van der Waals surface area contributed by atoms with E-state index in [1.165, 1.54) is 31.9 Å². The molecule has 6 aromatic carbocycles. The Morgan fingerprint density at radius 3 is 2.15 bits per heavy atom. The van der Waals surface area contributed by atoms with Gasteiger partial charge in [0.15, 0.2) is 0 Å². The molecule has 0 fully saturated rings. The van der Waals surface area contributed by atoms with Crippen LogP contribution >= 0.6 is 0 Å². The van der Waals surface area contributed by atoms with Gasteiger partial charge in [0.05, 0.1) is 5.58 Å². The summed E-state index contributed by atoms with van der Waals surface area (Å²) in [5.41, 5.74) is 10.2. The van der Waals surface area contributed by atoms with Gasteiger partial charge in [-0.3, -0.25) is 0 Å². The van der Waals surface area contributed by atoms with Crippen molar-refractivity contribution < 1.29 is 24.5 Å². The Morgan fingerprint density at radius 1 is 0.558 bits per heavy atom. The second kappa shape index (κ2) is 15.2. The third kappa shape index (κ3) is 7.42. The van der Waals surface area contributed by atoms with Crippen molar-refractivity contribution in [1.82, 2.24) is 9.97 Å². The molecule has 9 aromatic rings. The van der Waals surface area contributed by atoms with Gasteiger partial charge in [-0.2, -0.15) is 0 Å². The van der Waals surface area contributed by atoms with Crippen LogP contribution < -0.4 is 4.40 Å². The topological polar surface area (TPSA) is 38.9 Å². The van der Waals surface area contributed by atoms with E-state index in [9.17, 15) is 0 Å². The molecule has 0 aliphatic rings. The summed E-state index contributed by atoms with van der Waals surface area (Å²) in [6.07, 6.45) is 3.89. The van der Waals surface area contributed by atoms with Gasteiger partial charge in [-0.05, 0) is 56.2 Å². The number of pyridine rings is 2. The van der Waals surface area contributed by atoms with Crippen LogP contribution in [0.5, 0.6) is 0 Å². The van der Waals surface area contributed by atoms with Crippen LogP contribution in [-0.4, -0.2) is 23.2 Å². The molecule has 3 aromatic heterocycles. The Kier molecular flexibility index (Phi) is 10.3. The van der Waals surface area contributed by atoms with Crippen LogP contribution in [0.25, 0.3) is 77.5 Å². The molecule has 52 heavy (non-hydrogen) atoms. The van der Waals surface area contributed by atoms with Gasteiger partial charge in [0.25, 0.3) is 0 Å². The summed E-state index contributed by atoms with van der Waals surface area (Å²) >= 11 is -1.72. The van der Waals surface area contributed by atoms with Crippen molar-refractivity contribution in [2.75, 3.05) is 0 Å². The van der Waals surface area contributed by atoms with Gasteiger partial charge in [0, 0.05) is 26.3 Å². The Balaban J connectivity index is 0.000000209. The van der Waals surface area contributed by atoms with Crippen LogP contribution in [0.2, 0.25) is 17.3 Å². The van der Waals surface area contributed by atoms with Gasteiger partial charge in [0.1, 0.15) is 5.58 Å². The maximum Gasteiger partial charge on any atom is 0.123 e. The summed E-state index contributed by atoms with van der Waals surface area (Å²) in [6, 6.07) is 59.0. The number of nitrogens with zero attached hydrogens (tertiary/aromatic N) is 2. The molecule has 0 N–H and O–H groups in total. The monoisotopic (exact) mass is 911 g/mol. The number of benzene rings is 6. The molecule has 3 nitrogen and oxygen atoms in total. The SMILES string of the molecule is [CH3][Ge]([CH3])([CH3])[c]1ccc(-c2[c-]cccc2)nc1.[Ir].[c-]1c(-c2cc(-c3ccccc3)ccn2)ccc2c1oc1ccc(-c3cccc4ccccc34)cc12. The van der Waals surface area contributed by atoms with Crippen LogP contribution in [0.15, 0.2) is 168 Å². The second-order valence-corrected chi connectivity index (χ2v) is 24.4. The van der Waals surface area contributed by atoms with Gasteiger partial charge in [-0.15, -0.1) is 17.7 Å². The van der Waals surface area contributed by atoms with E-state index in [-0.39, 0.29) is 20.1 Å². The average Bonchev–Trinajstić information content (AvgIpc) is 3.56. The molecule has 0 saturated heterocycles. The zero-order chi connectivity index (χ0) is 34.8. The Bertz CT molecular complexity index is 2610. The average molecular weight is 910 g/mol. The van der Waals surface area contributed by atoms with Crippen molar-refractivity contribution in [3.63, 3.8) is 0 Å². The van der Waals surface area contributed by atoms with Crippen molar-refractivity contribution in [3.05, 3.63) is 176 Å². The third-order valence-corrected chi connectivity index (χ3v) is 13.5. The molecule has 1 radical (unpaired) electrons. The molecule has 0 aliphatic heterocycles. The number of fused-ring (bicyclic) bond motifs is 4. The van der Waals surface area contributed by atoms with Gasteiger partial charge in [-0.25, -0.2) is 0 Å². The van der Waals surface area contributed by atoms with Crippen molar-refractivity contribution in [2.24, 2.45) is 0 Å². The normalized spacial score (nSPS) is 11.2.